The van der Waals surface area contributed by atoms with Crippen molar-refractivity contribution in [3.8, 4) is 11.4 Å². The summed E-state index contributed by atoms with van der Waals surface area (Å²) in [5.41, 5.74) is 13.6. The van der Waals surface area contributed by atoms with E-state index >= 15 is 0 Å². The van der Waals surface area contributed by atoms with Gasteiger partial charge in [0.2, 0.25) is 0 Å². The van der Waals surface area contributed by atoms with Crippen LogP contribution in [0.1, 0.15) is 55.6 Å². The molecule has 0 saturated carbocycles. The van der Waals surface area contributed by atoms with Crippen LogP contribution in [-0.2, 0) is 10.8 Å². The summed E-state index contributed by atoms with van der Waals surface area (Å²) in [5, 5.41) is 2.31. The molecule has 51 heavy (non-hydrogen) atoms. The molecular formula is C47H42N4. The number of para-hydroxylation sites is 2. The maximum Gasteiger partial charge on any atom is 0.0963 e. The van der Waals surface area contributed by atoms with E-state index in [-0.39, 0.29) is 10.8 Å². The number of rotatable bonds is 8. The van der Waals surface area contributed by atoms with Gasteiger partial charge in [-0.3, -0.25) is 9.98 Å². The second-order valence-corrected chi connectivity index (χ2v) is 14.4. The van der Waals surface area contributed by atoms with Gasteiger partial charge in [0.25, 0.3) is 0 Å². The Morgan fingerprint density at radius 2 is 1.00 bits per heavy atom. The van der Waals surface area contributed by atoms with Crippen LogP contribution in [0.3, 0.4) is 0 Å². The Bertz CT molecular complexity index is 2520. The smallest absolute Gasteiger partial charge is 0.0963 e. The molecule has 0 atom stereocenters. The van der Waals surface area contributed by atoms with Crippen LogP contribution >= 0.6 is 0 Å². The van der Waals surface area contributed by atoms with Crippen LogP contribution in [0, 0.1) is 6.92 Å². The first kappa shape index (κ1) is 32.2. The van der Waals surface area contributed by atoms with E-state index in [1.54, 1.807) is 12.3 Å². The molecule has 0 aliphatic rings. The van der Waals surface area contributed by atoms with Gasteiger partial charge in [0.1, 0.15) is 0 Å². The molecule has 0 radical (unpaired) electrons. The van der Waals surface area contributed by atoms with E-state index in [2.05, 4.69) is 178 Å². The van der Waals surface area contributed by atoms with Crippen molar-refractivity contribution in [2.45, 2.75) is 45.4 Å². The van der Waals surface area contributed by atoms with Gasteiger partial charge in [-0.2, -0.15) is 0 Å². The van der Waals surface area contributed by atoms with Gasteiger partial charge in [0, 0.05) is 51.1 Å². The molecule has 3 heterocycles. The van der Waals surface area contributed by atoms with Crippen LogP contribution in [0.2, 0.25) is 0 Å². The maximum atomic E-state index is 4.71. The third-order valence-corrected chi connectivity index (χ3v) is 10.8. The Hall–Kier alpha value is -6.00. The lowest BCUT2D eigenvalue weighted by Gasteiger charge is -2.30. The second kappa shape index (κ2) is 12.4. The van der Waals surface area contributed by atoms with E-state index in [9.17, 15) is 0 Å². The van der Waals surface area contributed by atoms with Crippen molar-refractivity contribution in [2.75, 3.05) is 0 Å². The van der Waals surface area contributed by atoms with Crippen LogP contribution in [0.25, 0.3) is 44.2 Å². The highest BCUT2D eigenvalue weighted by Crippen LogP contribution is 2.39. The molecule has 250 valence electrons. The van der Waals surface area contributed by atoms with E-state index < -0.39 is 0 Å². The molecular weight excluding hydrogens is 621 g/mol. The van der Waals surface area contributed by atoms with Crippen molar-refractivity contribution in [1.82, 2.24) is 14.1 Å². The van der Waals surface area contributed by atoms with E-state index in [1.165, 1.54) is 33.2 Å². The van der Waals surface area contributed by atoms with Crippen molar-refractivity contribution >= 4 is 44.7 Å². The van der Waals surface area contributed by atoms with Gasteiger partial charge in [-0.05, 0) is 77.7 Å². The van der Waals surface area contributed by atoms with Crippen molar-refractivity contribution in [3.63, 3.8) is 0 Å². The molecule has 3 aromatic heterocycles. The molecule has 4 nitrogen and oxygen atoms in total. The molecule has 0 amide bonds. The molecule has 4 heteroatoms. The number of benzene rings is 5. The lowest BCUT2D eigenvalue weighted by atomic mass is 9.74. The lowest BCUT2D eigenvalue weighted by Crippen LogP contribution is -2.21. The average Bonchev–Trinajstić information content (AvgIpc) is 3.65. The minimum Gasteiger partial charge on any atom is -0.312 e. The van der Waals surface area contributed by atoms with Gasteiger partial charge in [0.05, 0.1) is 27.8 Å². The standard InChI is InChI=1S/C47H42N4/c1-7-30-48-44-32(2)50(41-15-10-8-13-39(41)44)37-26-22-35(23-27-37)46(3,4)33-18-20-34(21-19-33)47(5,6)36-24-28-38(29-25-36)51-42-16-11-9-14-40(42)45-43(51)17-12-31-49-45/h7-31H,1H2,2-6H3. The number of nitrogens with zero attached hydrogens (tertiary/aromatic N) is 4. The molecule has 0 spiro atoms. The topological polar surface area (TPSA) is 35.1 Å². The predicted molar refractivity (Wildman–Crippen MR) is 216 cm³/mol. The van der Waals surface area contributed by atoms with Gasteiger partial charge in [0.15, 0.2) is 0 Å². The van der Waals surface area contributed by atoms with Crippen LogP contribution in [-0.4, -0.2) is 20.3 Å². The average molecular weight is 663 g/mol. The summed E-state index contributed by atoms with van der Waals surface area (Å²) in [5.74, 6) is 0. The summed E-state index contributed by atoms with van der Waals surface area (Å²) in [6, 6.07) is 48.4. The summed E-state index contributed by atoms with van der Waals surface area (Å²) in [7, 11) is 0. The highest BCUT2D eigenvalue weighted by atomic mass is 15.0. The van der Waals surface area contributed by atoms with E-state index in [0.717, 1.165) is 44.7 Å². The van der Waals surface area contributed by atoms with Gasteiger partial charge in [-0.1, -0.05) is 125 Å². The molecule has 8 rings (SSSR count). The molecule has 0 fully saturated rings. The molecule has 0 saturated heterocycles. The highest BCUT2D eigenvalue weighted by molar-refractivity contribution is 6.06. The summed E-state index contributed by atoms with van der Waals surface area (Å²) in [6.45, 7) is 15.2. The monoisotopic (exact) mass is 662 g/mol. The van der Waals surface area contributed by atoms with Crippen molar-refractivity contribution < 1.29 is 0 Å². The van der Waals surface area contributed by atoms with E-state index in [0.29, 0.717) is 0 Å². The number of pyridine rings is 1. The van der Waals surface area contributed by atoms with Crippen LogP contribution < -0.4 is 0 Å². The van der Waals surface area contributed by atoms with Gasteiger partial charge in [-0.25, -0.2) is 0 Å². The zero-order chi connectivity index (χ0) is 35.3. The summed E-state index contributed by atoms with van der Waals surface area (Å²) >= 11 is 0. The van der Waals surface area contributed by atoms with Crippen molar-refractivity contribution in [1.29, 1.82) is 0 Å². The molecule has 0 bridgehead atoms. The minimum atomic E-state index is -0.173. The SMILES string of the molecule is C=CC=Nc1c(C)n(-c2ccc(C(C)(C)c3ccc(C(C)(C)c4ccc(-n5c6ccccc6c6ncccc65)cc4)cc3)cc2)c2ccccc12. The molecule has 0 unspecified atom stereocenters. The molecule has 0 aliphatic heterocycles. The fraction of sp³-hybridized carbons (Fsp3) is 0.149. The number of allylic oxidation sites excluding steroid dienone is 1. The van der Waals surface area contributed by atoms with Crippen molar-refractivity contribution in [3.05, 3.63) is 180 Å². The van der Waals surface area contributed by atoms with Gasteiger partial charge in [-0.15, -0.1) is 0 Å². The van der Waals surface area contributed by atoms with Crippen molar-refractivity contribution in [2.24, 2.45) is 4.99 Å². The summed E-state index contributed by atoms with van der Waals surface area (Å²) in [4.78, 5) is 9.41. The number of hydrogen-bond donors (Lipinski definition) is 0. The molecule has 0 aliphatic carbocycles. The second-order valence-electron chi connectivity index (χ2n) is 14.4. The predicted octanol–water partition coefficient (Wildman–Crippen LogP) is 12.0. The number of aliphatic imine (C=N–C) groups is 1. The molecule has 8 aromatic rings. The summed E-state index contributed by atoms with van der Waals surface area (Å²) in [6.07, 6.45) is 5.36. The Morgan fingerprint density at radius 1 is 0.549 bits per heavy atom. The quantitative estimate of drug-likeness (QED) is 0.149. The Morgan fingerprint density at radius 3 is 1.55 bits per heavy atom. The normalized spacial score (nSPS) is 12.4. The zero-order valence-electron chi connectivity index (χ0n) is 29.9. The van der Waals surface area contributed by atoms with Crippen LogP contribution in [0.15, 0.2) is 157 Å². The first-order chi connectivity index (χ1) is 24.7. The Labute approximate surface area is 300 Å². The Kier molecular flexibility index (Phi) is 7.83. The fourth-order valence-corrected chi connectivity index (χ4v) is 7.73. The third-order valence-electron chi connectivity index (χ3n) is 10.8. The van der Waals surface area contributed by atoms with Gasteiger partial charge >= 0.3 is 0 Å². The maximum absolute atomic E-state index is 4.71. The number of aromatic nitrogens is 3. The number of fused-ring (bicyclic) bond motifs is 4. The minimum absolute atomic E-state index is 0.169. The fourth-order valence-electron chi connectivity index (χ4n) is 7.73. The van der Waals surface area contributed by atoms with E-state index in [4.69, 9.17) is 9.98 Å². The number of hydrogen-bond acceptors (Lipinski definition) is 2. The zero-order valence-corrected chi connectivity index (χ0v) is 29.9. The van der Waals surface area contributed by atoms with E-state index in [1.807, 2.05) is 12.3 Å². The van der Waals surface area contributed by atoms with Gasteiger partial charge < -0.3 is 9.13 Å². The third kappa shape index (κ3) is 5.30. The molecule has 5 aromatic carbocycles. The Balaban J connectivity index is 1.06. The highest BCUT2D eigenvalue weighted by Gasteiger charge is 2.27. The van der Waals surface area contributed by atoms with Crippen LogP contribution in [0.4, 0.5) is 5.69 Å². The largest absolute Gasteiger partial charge is 0.312 e. The lowest BCUT2D eigenvalue weighted by molar-refractivity contribution is 0.626. The first-order valence-electron chi connectivity index (χ1n) is 17.6. The molecule has 0 N–H and O–H groups in total. The van der Waals surface area contributed by atoms with Crippen LogP contribution in [0.5, 0.6) is 0 Å². The first-order valence-corrected chi connectivity index (χ1v) is 17.6. The summed E-state index contributed by atoms with van der Waals surface area (Å²) < 4.78 is 4.61.